The van der Waals surface area contributed by atoms with Crippen molar-refractivity contribution in [2.24, 2.45) is 0 Å². The molecule has 3 aromatic rings. The molecule has 0 bridgehead atoms. The number of halogens is 3. The average Bonchev–Trinajstić information content (AvgIpc) is 2.67. The van der Waals surface area contributed by atoms with Crippen molar-refractivity contribution >= 4 is 16.6 Å². The van der Waals surface area contributed by atoms with Gasteiger partial charge in [-0.05, 0) is 30.7 Å². The molecule has 0 radical (unpaired) electrons. The second-order valence-corrected chi connectivity index (χ2v) is 7.26. The van der Waals surface area contributed by atoms with Crippen molar-refractivity contribution in [3.8, 4) is 0 Å². The lowest BCUT2D eigenvalue weighted by Gasteiger charge is -2.36. The van der Waals surface area contributed by atoms with Crippen LogP contribution in [0.5, 0.6) is 0 Å². The molecule has 28 heavy (non-hydrogen) atoms. The second-order valence-electron chi connectivity index (χ2n) is 7.26. The number of pyridine rings is 1. The zero-order valence-electron chi connectivity index (χ0n) is 15.7. The summed E-state index contributed by atoms with van der Waals surface area (Å²) in [6, 6.07) is 16.2. The van der Waals surface area contributed by atoms with Crippen LogP contribution in [0.2, 0.25) is 0 Å². The van der Waals surface area contributed by atoms with Gasteiger partial charge in [0.1, 0.15) is 0 Å². The zero-order chi connectivity index (χ0) is 19.7. The molecule has 0 saturated carbocycles. The molecule has 1 saturated heterocycles. The van der Waals surface area contributed by atoms with E-state index < -0.39 is 11.7 Å². The van der Waals surface area contributed by atoms with E-state index in [2.05, 4.69) is 26.9 Å². The van der Waals surface area contributed by atoms with Gasteiger partial charge in [0.25, 0.3) is 0 Å². The number of aryl methyl sites for hydroxylation is 1. The van der Waals surface area contributed by atoms with E-state index in [0.29, 0.717) is 5.52 Å². The molecule has 0 atom stereocenters. The van der Waals surface area contributed by atoms with Crippen LogP contribution in [0.25, 0.3) is 10.9 Å². The third-order valence-corrected chi connectivity index (χ3v) is 5.21. The van der Waals surface area contributed by atoms with Gasteiger partial charge in [-0.2, -0.15) is 13.2 Å². The topological polar surface area (TPSA) is 19.4 Å². The fourth-order valence-electron chi connectivity index (χ4n) is 3.77. The van der Waals surface area contributed by atoms with Gasteiger partial charge in [-0.25, -0.2) is 0 Å². The molecule has 0 N–H and O–H groups in total. The number of piperazine rings is 1. The molecule has 1 aliphatic heterocycles. The summed E-state index contributed by atoms with van der Waals surface area (Å²) >= 11 is 0. The Hall–Kier alpha value is -2.60. The number of nitrogens with zero attached hydrogens (tertiary/aromatic N) is 3. The Bertz CT molecular complexity index is 962. The maximum Gasteiger partial charge on any atom is 0.416 e. The first-order valence-electron chi connectivity index (χ1n) is 9.40. The van der Waals surface area contributed by atoms with Crippen LogP contribution in [0.3, 0.4) is 0 Å². The Balaban J connectivity index is 1.55. The van der Waals surface area contributed by atoms with Crippen LogP contribution in [-0.2, 0) is 12.7 Å². The zero-order valence-corrected chi connectivity index (χ0v) is 15.7. The summed E-state index contributed by atoms with van der Waals surface area (Å²) in [5, 5.41) is 0.773. The highest BCUT2D eigenvalue weighted by atomic mass is 19.4. The largest absolute Gasteiger partial charge is 0.416 e. The van der Waals surface area contributed by atoms with Gasteiger partial charge < -0.3 is 4.90 Å². The first kappa shape index (κ1) is 18.7. The van der Waals surface area contributed by atoms with Gasteiger partial charge in [-0.3, -0.25) is 9.88 Å². The van der Waals surface area contributed by atoms with Crippen LogP contribution in [0.15, 0.2) is 54.6 Å². The van der Waals surface area contributed by atoms with E-state index in [9.17, 15) is 13.2 Å². The highest BCUT2D eigenvalue weighted by molar-refractivity contribution is 5.92. The summed E-state index contributed by atoms with van der Waals surface area (Å²) < 4.78 is 39.1. The van der Waals surface area contributed by atoms with E-state index in [4.69, 9.17) is 0 Å². The van der Waals surface area contributed by atoms with Crippen molar-refractivity contribution < 1.29 is 13.2 Å². The van der Waals surface area contributed by atoms with Crippen LogP contribution < -0.4 is 4.90 Å². The maximum absolute atomic E-state index is 13.0. The van der Waals surface area contributed by atoms with Gasteiger partial charge in [-0.1, -0.05) is 36.4 Å². The summed E-state index contributed by atoms with van der Waals surface area (Å²) in [5.74, 6) is 0. The van der Waals surface area contributed by atoms with Crippen LogP contribution in [0, 0.1) is 6.92 Å². The number of anilines is 1. The van der Waals surface area contributed by atoms with Crippen molar-refractivity contribution in [1.82, 2.24) is 9.88 Å². The van der Waals surface area contributed by atoms with E-state index in [-0.39, 0.29) is 0 Å². The predicted molar refractivity (Wildman–Crippen MR) is 105 cm³/mol. The van der Waals surface area contributed by atoms with Crippen molar-refractivity contribution in [2.45, 2.75) is 19.6 Å². The van der Waals surface area contributed by atoms with E-state index in [0.717, 1.165) is 61.6 Å². The average molecular weight is 385 g/mol. The van der Waals surface area contributed by atoms with Crippen molar-refractivity contribution in [3.63, 3.8) is 0 Å². The van der Waals surface area contributed by atoms with Gasteiger partial charge in [0.15, 0.2) is 0 Å². The number of hydrogen-bond donors (Lipinski definition) is 0. The summed E-state index contributed by atoms with van der Waals surface area (Å²) in [6.45, 7) is 6.25. The summed E-state index contributed by atoms with van der Waals surface area (Å²) in [6.07, 6.45) is -4.36. The predicted octanol–water partition coefficient (Wildman–Crippen LogP) is 4.88. The van der Waals surface area contributed by atoms with Gasteiger partial charge in [0, 0.05) is 49.5 Å². The third-order valence-electron chi connectivity index (χ3n) is 5.21. The Kier molecular flexibility index (Phi) is 4.98. The number of aromatic nitrogens is 1. The lowest BCUT2D eigenvalue weighted by molar-refractivity contribution is -0.137. The molecule has 0 amide bonds. The number of benzene rings is 2. The number of fused-ring (bicyclic) bond motifs is 1. The number of alkyl halides is 3. The monoisotopic (exact) mass is 385 g/mol. The highest BCUT2D eigenvalue weighted by Gasteiger charge is 2.31. The van der Waals surface area contributed by atoms with E-state index in [1.807, 2.05) is 31.2 Å². The van der Waals surface area contributed by atoms with Crippen LogP contribution in [0.4, 0.5) is 18.9 Å². The third kappa shape index (κ3) is 3.97. The maximum atomic E-state index is 13.0. The molecule has 0 unspecified atom stereocenters. The molecule has 1 aliphatic rings. The first-order chi connectivity index (χ1) is 13.4. The van der Waals surface area contributed by atoms with E-state index in [1.165, 1.54) is 5.56 Å². The quantitative estimate of drug-likeness (QED) is 0.640. The van der Waals surface area contributed by atoms with Gasteiger partial charge in [0.05, 0.1) is 11.1 Å². The number of hydrogen-bond acceptors (Lipinski definition) is 3. The molecule has 6 heteroatoms. The molecule has 1 aromatic heterocycles. The molecule has 2 aromatic carbocycles. The van der Waals surface area contributed by atoms with Gasteiger partial charge >= 0.3 is 6.18 Å². The Morgan fingerprint density at radius 1 is 0.929 bits per heavy atom. The lowest BCUT2D eigenvalue weighted by atomic mass is 10.1. The minimum absolute atomic E-state index is 0.400. The lowest BCUT2D eigenvalue weighted by Crippen LogP contribution is -2.46. The minimum atomic E-state index is -4.36. The Morgan fingerprint density at radius 2 is 1.64 bits per heavy atom. The standard InChI is InChI=1S/C22H22F3N3/c1-16-13-21(19-8-7-18(22(23,24)25)14-20(19)26-16)28-11-9-27(10-12-28)15-17-5-3-2-4-6-17/h2-8,13-14H,9-12,15H2,1H3. The molecular weight excluding hydrogens is 363 g/mol. The smallest absolute Gasteiger partial charge is 0.368 e. The molecule has 0 aliphatic carbocycles. The molecular formula is C22H22F3N3. The summed E-state index contributed by atoms with van der Waals surface area (Å²) in [5.41, 5.74) is 2.73. The molecule has 4 rings (SSSR count). The minimum Gasteiger partial charge on any atom is -0.368 e. The van der Waals surface area contributed by atoms with Crippen molar-refractivity contribution in [3.05, 3.63) is 71.4 Å². The van der Waals surface area contributed by atoms with Crippen molar-refractivity contribution in [2.75, 3.05) is 31.1 Å². The molecule has 2 heterocycles. The first-order valence-corrected chi connectivity index (χ1v) is 9.40. The van der Waals surface area contributed by atoms with E-state index in [1.54, 1.807) is 6.07 Å². The molecule has 0 spiro atoms. The molecule has 146 valence electrons. The van der Waals surface area contributed by atoms with E-state index >= 15 is 0 Å². The fraction of sp³-hybridized carbons (Fsp3) is 0.318. The van der Waals surface area contributed by atoms with Crippen LogP contribution >= 0.6 is 0 Å². The molecule has 1 fully saturated rings. The second kappa shape index (κ2) is 7.43. The highest BCUT2D eigenvalue weighted by Crippen LogP contribution is 2.34. The van der Waals surface area contributed by atoms with Crippen molar-refractivity contribution in [1.29, 1.82) is 0 Å². The molecule has 3 nitrogen and oxygen atoms in total. The normalized spacial score (nSPS) is 15.9. The van der Waals surface area contributed by atoms with Gasteiger partial charge in [0.2, 0.25) is 0 Å². The number of rotatable bonds is 3. The SMILES string of the molecule is Cc1cc(N2CCN(Cc3ccccc3)CC2)c2ccc(C(F)(F)F)cc2n1. The Labute approximate surface area is 162 Å². The van der Waals surface area contributed by atoms with Crippen LogP contribution in [-0.4, -0.2) is 36.1 Å². The summed E-state index contributed by atoms with van der Waals surface area (Å²) in [4.78, 5) is 9.00. The van der Waals surface area contributed by atoms with Gasteiger partial charge in [-0.15, -0.1) is 0 Å². The Morgan fingerprint density at radius 3 is 2.32 bits per heavy atom. The van der Waals surface area contributed by atoms with Crippen LogP contribution in [0.1, 0.15) is 16.8 Å². The summed E-state index contributed by atoms with van der Waals surface area (Å²) in [7, 11) is 0. The fourth-order valence-corrected chi connectivity index (χ4v) is 3.77.